The third-order valence-corrected chi connectivity index (χ3v) is 6.17. The smallest absolute Gasteiger partial charge is 0.266 e. The van der Waals surface area contributed by atoms with Crippen LogP contribution in [-0.2, 0) is 11.2 Å². The fourth-order valence-corrected chi connectivity index (χ4v) is 4.31. The minimum Gasteiger partial charge on any atom is -0.326 e. The second kappa shape index (κ2) is 8.01. The molecule has 30 heavy (non-hydrogen) atoms. The molecule has 2 heterocycles. The maximum absolute atomic E-state index is 12.6. The fourth-order valence-electron chi connectivity index (χ4n) is 3.21. The third-order valence-electron chi connectivity index (χ3n) is 4.67. The molecule has 1 aliphatic heterocycles. The molecular weight excluding hydrogens is 422 g/mol. The number of nitrogens with one attached hydrogen (secondary N) is 1. The van der Waals surface area contributed by atoms with Crippen LogP contribution in [0.2, 0.25) is 5.02 Å². The summed E-state index contributed by atoms with van der Waals surface area (Å²) in [5, 5.41) is 5.85. The van der Waals surface area contributed by atoms with Crippen LogP contribution in [0.25, 0.3) is 0 Å². The molecule has 0 fully saturated rings. The summed E-state index contributed by atoms with van der Waals surface area (Å²) in [5.41, 5.74) is 2.17. The lowest BCUT2D eigenvalue weighted by atomic mass is 10.1. The van der Waals surface area contributed by atoms with Crippen molar-refractivity contribution >= 4 is 52.0 Å². The Morgan fingerprint density at radius 1 is 1.13 bits per heavy atom. The van der Waals surface area contributed by atoms with Crippen LogP contribution in [0, 0.1) is 0 Å². The molecule has 3 aromatic rings. The lowest BCUT2D eigenvalue weighted by molar-refractivity contribution is -0.115. The van der Waals surface area contributed by atoms with Crippen molar-refractivity contribution in [1.29, 1.82) is 0 Å². The van der Waals surface area contributed by atoms with Gasteiger partial charge in [0, 0.05) is 17.0 Å². The highest BCUT2D eigenvalue weighted by atomic mass is 35.5. The summed E-state index contributed by atoms with van der Waals surface area (Å²) in [6.07, 6.45) is 0.154. The summed E-state index contributed by atoms with van der Waals surface area (Å²) in [7, 11) is 0. The molecule has 0 atom stereocenters. The lowest BCUT2D eigenvalue weighted by Gasteiger charge is -2.16. The predicted molar refractivity (Wildman–Crippen MR) is 118 cm³/mol. The summed E-state index contributed by atoms with van der Waals surface area (Å²) in [4.78, 5) is 43.2. The standard InChI is InChI=1S/C22H18ClN3O3S/c1-12(2)20-25-14(11-30-20)10-19(27)24-13-7-8-18(17(23)9-13)26-21(28)15-5-3-4-6-16(15)22(26)29/h3-9,11-12H,10H2,1-2H3,(H,24,27). The Hall–Kier alpha value is -3.03. The van der Waals surface area contributed by atoms with Gasteiger partial charge in [0.25, 0.3) is 11.8 Å². The fraction of sp³-hybridized carbons (Fsp3) is 0.182. The van der Waals surface area contributed by atoms with Crippen LogP contribution >= 0.6 is 22.9 Å². The Morgan fingerprint density at radius 3 is 2.37 bits per heavy atom. The molecule has 1 aromatic heterocycles. The van der Waals surface area contributed by atoms with Gasteiger partial charge in [-0.15, -0.1) is 11.3 Å². The highest BCUT2D eigenvalue weighted by Gasteiger charge is 2.37. The van der Waals surface area contributed by atoms with Gasteiger partial charge in [0.15, 0.2) is 0 Å². The van der Waals surface area contributed by atoms with Gasteiger partial charge in [-0.05, 0) is 30.3 Å². The van der Waals surface area contributed by atoms with Gasteiger partial charge < -0.3 is 5.32 Å². The van der Waals surface area contributed by atoms with E-state index < -0.39 is 11.8 Å². The first-order valence-corrected chi connectivity index (χ1v) is 10.6. The van der Waals surface area contributed by atoms with Gasteiger partial charge >= 0.3 is 0 Å². The molecule has 0 aliphatic carbocycles. The molecule has 2 aromatic carbocycles. The van der Waals surface area contributed by atoms with Gasteiger partial charge in [-0.1, -0.05) is 37.6 Å². The SMILES string of the molecule is CC(C)c1nc(CC(=O)Nc2ccc(N3C(=O)c4ccccc4C3=O)c(Cl)c2)cs1. The first-order valence-electron chi connectivity index (χ1n) is 9.36. The van der Waals surface area contributed by atoms with Gasteiger partial charge in [0.05, 0.1) is 39.0 Å². The number of thiazole rings is 1. The van der Waals surface area contributed by atoms with Crippen molar-refractivity contribution in [3.63, 3.8) is 0 Å². The molecule has 1 aliphatic rings. The van der Waals surface area contributed by atoms with E-state index in [1.807, 2.05) is 5.38 Å². The number of halogens is 1. The molecule has 0 unspecified atom stereocenters. The van der Waals surface area contributed by atoms with E-state index in [9.17, 15) is 14.4 Å². The number of anilines is 2. The first-order chi connectivity index (χ1) is 14.3. The number of fused-ring (bicyclic) bond motifs is 1. The van der Waals surface area contributed by atoms with Crippen LogP contribution in [-0.4, -0.2) is 22.7 Å². The van der Waals surface area contributed by atoms with Crippen LogP contribution < -0.4 is 10.2 Å². The Labute approximate surface area is 182 Å². The lowest BCUT2D eigenvalue weighted by Crippen LogP contribution is -2.29. The Kier molecular flexibility index (Phi) is 5.40. The first kappa shape index (κ1) is 20.3. The molecule has 0 bridgehead atoms. The van der Waals surface area contributed by atoms with Gasteiger partial charge in [0.2, 0.25) is 5.91 Å². The molecular formula is C22H18ClN3O3S. The Balaban J connectivity index is 1.49. The van der Waals surface area contributed by atoms with Crippen LogP contribution in [0.3, 0.4) is 0 Å². The van der Waals surface area contributed by atoms with Crippen LogP contribution in [0.5, 0.6) is 0 Å². The number of imide groups is 1. The Bertz CT molecular complexity index is 1140. The number of amides is 3. The maximum atomic E-state index is 12.6. The highest BCUT2D eigenvalue weighted by Crippen LogP contribution is 2.34. The van der Waals surface area contributed by atoms with Gasteiger partial charge in [-0.2, -0.15) is 0 Å². The van der Waals surface area contributed by atoms with Crippen LogP contribution in [0.1, 0.15) is 51.2 Å². The normalized spacial score (nSPS) is 13.1. The molecule has 0 spiro atoms. The number of carbonyl (C=O) groups excluding carboxylic acids is 3. The van der Waals surface area contributed by atoms with Crippen molar-refractivity contribution in [1.82, 2.24) is 4.98 Å². The summed E-state index contributed by atoms with van der Waals surface area (Å²) in [5.74, 6) is -0.738. The van der Waals surface area contributed by atoms with E-state index in [-0.39, 0.29) is 23.0 Å². The van der Waals surface area contributed by atoms with Crippen molar-refractivity contribution in [2.45, 2.75) is 26.2 Å². The number of rotatable bonds is 5. The van der Waals surface area contributed by atoms with E-state index in [0.29, 0.717) is 22.7 Å². The molecule has 1 N–H and O–H groups in total. The van der Waals surface area contributed by atoms with Crippen molar-refractivity contribution in [2.24, 2.45) is 0 Å². The van der Waals surface area contributed by atoms with Crippen molar-refractivity contribution < 1.29 is 14.4 Å². The second-order valence-electron chi connectivity index (χ2n) is 7.21. The van der Waals surface area contributed by atoms with Gasteiger partial charge in [-0.25, -0.2) is 9.88 Å². The van der Waals surface area contributed by atoms with Crippen molar-refractivity contribution in [2.75, 3.05) is 10.2 Å². The zero-order chi connectivity index (χ0) is 21.4. The molecule has 8 heteroatoms. The van der Waals surface area contributed by atoms with Crippen molar-refractivity contribution in [3.8, 4) is 0 Å². The predicted octanol–water partition coefficient (Wildman–Crippen LogP) is 4.90. The molecule has 6 nitrogen and oxygen atoms in total. The van der Waals surface area contributed by atoms with E-state index in [4.69, 9.17) is 11.6 Å². The summed E-state index contributed by atoms with van der Waals surface area (Å²) < 4.78 is 0. The average Bonchev–Trinajstić information content (AvgIpc) is 3.26. The summed E-state index contributed by atoms with van der Waals surface area (Å²) in [6, 6.07) is 11.3. The minimum absolute atomic E-state index is 0.154. The molecule has 0 saturated heterocycles. The topological polar surface area (TPSA) is 79.4 Å². The number of hydrogen-bond acceptors (Lipinski definition) is 5. The maximum Gasteiger partial charge on any atom is 0.266 e. The van der Waals surface area contributed by atoms with Crippen molar-refractivity contribution in [3.05, 3.63) is 74.7 Å². The van der Waals surface area contributed by atoms with E-state index >= 15 is 0 Å². The van der Waals surface area contributed by atoms with E-state index in [2.05, 4.69) is 24.1 Å². The molecule has 0 saturated carbocycles. The zero-order valence-corrected chi connectivity index (χ0v) is 17.9. The van der Waals surface area contributed by atoms with E-state index in [1.165, 1.54) is 17.4 Å². The number of benzene rings is 2. The summed E-state index contributed by atoms with van der Waals surface area (Å²) >= 11 is 7.89. The van der Waals surface area contributed by atoms with E-state index in [1.54, 1.807) is 36.4 Å². The third kappa shape index (κ3) is 3.74. The largest absolute Gasteiger partial charge is 0.326 e. The number of carbonyl (C=O) groups is 3. The average molecular weight is 440 g/mol. The van der Waals surface area contributed by atoms with Gasteiger partial charge in [0.1, 0.15) is 0 Å². The molecule has 4 rings (SSSR count). The van der Waals surface area contributed by atoms with Crippen LogP contribution in [0.15, 0.2) is 47.8 Å². The minimum atomic E-state index is -0.418. The van der Waals surface area contributed by atoms with E-state index in [0.717, 1.165) is 15.6 Å². The Morgan fingerprint density at radius 2 is 1.80 bits per heavy atom. The zero-order valence-electron chi connectivity index (χ0n) is 16.3. The monoisotopic (exact) mass is 439 g/mol. The van der Waals surface area contributed by atoms with Crippen LogP contribution in [0.4, 0.5) is 11.4 Å². The molecule has 152 valence electrons. The highest BCUT2D eigenvalue weighted by molar-refractivity contribution is 7.09. The number of aromatic nitrogens is 1. The van der Waals surface area contributed by atoms with Gasteiger partial charge in [-0.3, -0.25) is 14.4 Å². The number of hydrogen-bond donors (Lipinski definition) is 1. The molecule has 0 radical (unpaired) electrons. The number of nitrogens with zero attached hydrogens (tertiary/aromatic N) is 2. The molecule has 3 amide bonds. The summed E-state index contributed by atoms with van der Waals surface area (Å²) in [6.45, 7) is 4.11. The second-order valence-corrected chi connectivity index (χ2v) is 8.51. The quantitative estimate of drug-likeness (QED) is 0.573.